The Kier molecular flexibility index (Phi) is 8.59. The number of benzene rings is 1. The molecule has 1 aromatic carbocycles. The van der Waals surface area contributed by atoms with Gasteiger partial charge in [-0.3, -0.25) is 4.98 Å². The third kappa shape index (κ3) is 8.44. The monoisotopic (exact) mass is 407 g/mol. The highest BCUT2D eigenvalue weighted by Gasteiger charge is 2.06. The molecule has 0 amide bonds. The zero-order valence-electron chi connectivity index (χ0n) is 15.0. The molecule has 0 unspecified atom stereocenters. The summed E-state index contributed by atoms with van der Waals surface area (Å²) in [4.78, 5) is 4.34. The number of anilines is 1. The van der Waals surface area contributed by atoms with E-state index in [4.69, 9.17) is 17.4 Å². The van der Waals surface area contributed by atoms with Gasteiger partial charge in [0.05, 0.1) is 10.6 Å². The van der Waals surface area contributed by atoms with Crippen LogP contribution in [-0.2, 0) is 16.6 Å². The van der Waals surface area contributed by atoms with Gasteiger partial charge in [0.15, 0.2) is 5.11 Å². The van der Waals surface area contributed by atoms with Crippen LogP contribution in [0.1, 0.15) is 25.0 Å². The summed E-state index contributed by atoms with van der Waals surface area (Å²) in [5.74, 6) is 0. The molecule has 0 fully saturated rings. The Labute approximate surface area is 165 Å². The number of thiocarbonyl (C=S) groups is 1. The maximum absolute atomic E-state index is 11.2. The van der Waals surface area contributed by atoms with Crippen molar-refractivity contribution in [2.24, 2.45) is 5.14 Å². The van der Waals surface area contributed by atoms with Crippen LogP contribution >= 0.6 is 12.2 Å². The first-order chi connectivity index (χ1) is 12.9. The molecule has 0 atom stereocenters. The highest BCUT2D eigenvalue weighted by molar-refractivity contribution is 7.89. The second-order valence-electron chi connectivity index (χ2n) is 6.01. The van der Waals surface area contributed by atoms with E-state index in [1.165, 1.54) is 12.1 Å². The molecule has 7 nitrogen and oxygen atoms in total. The molecule has 0 saturated carbocycles. The molecular weight excluding hydrogens is 382 g/mol. The van der Waals surface area contributed by atoms with Gasteiger partial charge in [-0.1, -0.05) is 12.5 Å². The van der Waals surface area contributed by atoms with E-state index in [9.17, 15) is 8.42 Å². The van der Waals surface area contributed by atoms with E-state index in [0.29, 0.717) is 10.8 Å². The smallest absolute Gasteiger partial charge is 0.238 e. The lowest BCUT2D eigenvalue weighted by Gasteiger charge is -2.11. The zero-order valence-corrected chi connectivity index (χ0v) is 16.7. The first-order valence-corrected chi connectivity index (χ1v) is 10.7. The molecule has 0 aliphatic carbocycles. The molecule has 146 valence electrons. The van der Waals surface area contributed by atoms with Crippen LogP contribution in [0, 0.1) is 0 Å². The minimum absolute atomic E-state index is 0.0728. The number of nitrogens with one attached hydrogen (secondary N) is 3. The van der Waals surface area contributed by atoms with Gasteiger partial charge >= 0.3 is 0 Å². The van der Waals surface area contributed by atoms with E-state index in [1.807, 2.05) is 18.2 Å². The predicted molar refractivity (Wildman–Crippen MR) is 112 cm³/mol. The van der Waals surface area contributed by atoms with Crippen LogP contribution in [0.5, 0.6) is 0 Å². The van der Waals surface area contributed by atoms with Crippen molar-refractivity contribution in [3.8, 4) is 0 Å². The third-order valence-electron chi connectivity index (χ3n) is 3.79. The van der Waals surface area contributed by atoms with Crippen molar-refractivity contribution in [2.45, 2.75) is 30.7 Å². The van der Waals surface area contributed by atoms with E-state index in [0.717, 1.165) is 44.6 Å². The Hall–Kier alpha value is -2.07. The minimum atomic E-state index is -3.68. The quantitative estimate of drug-likeness (QED) is 0.352. The molecule has 0 aliphatic heterocycles. The summed E-state index contributed by atoms with van der Waals surface area (Å²) in [6.45, 7) is 2.52. The summed E-state index contributed by atoms with van der Waals surface area (Å²) in [6.07, 6.45) is 4.99. The van der Waals surface area contributed by atoms with Crippen molar-refractivity contribution in [1.82, 2.24) is 15.6 Å². The SMILES string of the molecule is NS(=O)(=O)c1ccc(NC(=S)NCCCCCNCc2ccccn2)cc1. The highest BCUT2D eigenvalue weighted by atomic mass is 32.2. The molecular formula is C18H25N5O2S2. The first kappa shape index (κ1) is 21.2. The van der Waals surface area contributed by atoms with Crippen LogP contribution in [0.2, 0.25) is 0 Å². The van der Waals surface area contributed by atoms with E-state index < -0.39 is 10.0 Å². The van der Waals surface area contributed by atoms with Gasteiger partial charge in [-0.05, 0) is 68.0 Å². The standard InChI is InChI=1S/C18H25N5O2S2/c19-27(24,25)17-9-7-15(8-10-17)23-18(26)22-13-4-1-3-11-20-14-16-6-2-5-12-21-16/h2,5-10,12,20H,1,3-4,11,13-14H2,(H2,19,24,25)(H2,22,23,26). The second kappa shape index (κ2) is 10.9. The summed E-state index contributed by atoms with van der Waals surface area (Å²) in [6, 6.07) is 12.0. The number of sulfonamides is 1. The Morgan fingerprint density at radius 2 is 1.78 bits per heavy atom. The third-order valence-corrected chi connectivity index (χ3v) is 4.96. The largest absolute Gasteiger partial charge is 0.362 e. The molecule has 0 bridgehead atoms. The predicted octanol–water partition coefficient (Wildman–Crippen LogP) is 1.98. The molecule has 2 aromatic rings. The van der Waals surface area contributed by atoms with Crippen molar-refractivity contribution in [3.05, 3.63) is 54.4 Å². The number of unbranched alkanes of at least 4 members (excludes halogenated alkanes) is 2. The topological polar surface area (TPSA) is 109 Å². The van der Waals surface area contributed by atoms with E-state index in [2.05, 4.69) is 20.9 Å². The number of hydrogen-bond acceptors (Lipinski definition) is 5. The molecule has 1 aromatic heterocycles. The Balaban J connectivity index is 1.53. The average Bonchev–Trinajstić information content (AvgIpc) is 2.64. The van der Waals surface area contributed by atoms with Crippen LogP contribution in [-0.4, -0.2) is 31.6 Å². The summed E-state index contributed by atoms with van der Waals surface area (Å²) >= 11 is 5.23. The fourth-order valence-electron chi connectivity index (χ4n) is 2.38. The molecule has 0 aliphatic rings. The van der Waals surface area contributed by atoms with Gasteiger partial charge in [0, 0.05) is 25.0 Å². The van der Waals surface area contributed by atoms with Gasteiger partial charge in [0.1, 0.15) is 0 Å². The van der Waals surface area contributed by atoms with Gasteiger partial charge in [-0.25, -0.2) is 13.6 Å². The summed E-state index contributed by atoms with van der Waals surface area (Å²) in [5, 5.41) is 15.1. The molecule has 0 saturated heterocycles. The van der Waals surface area contributed by atoms with Gasteiger partial charge in [0.2, 0.25) is 10.0 Å². The first-order valence-electron chi connectivity index (χ1n) is 8.73. The zero-order chi connectivity index (χ0) is 19.5. The number of hydrogen-bond donors (Lipinski definition) is 4. The lowest BCUT2D eigenvalue weighted by molar-refractivity contribution is 0.594. The number of nitrogens with zero attached hydrogens (tertiary/aromatic N) is 1. The normalized spacial score (nSPS) is 11.1. The van der Waals surface area contributed by atoms with Crippen molar-refractivity contribution in [2.75, 3.05) is 18.4 Å². The highest BCUT2D eigenvalue weighted by Crippen LogP contribution is 2.12. The summed E-state index contributed by atoms with van der Waals surface area (Å²) < 4.78 is 22.4. The van der Waals surface area contributed by atoms with Crippen LogP contribution in [0.3, 0.4) is 0 Å². The molecule has 1 heterocycles. The number of primary sulfonamides is 1. The van der Waals surface area contributed by atoms with Crippen LogP contribution in [0.25, 0.3) is 0 Å². The fraction of sp³-hybridized carbons (Fsp3) is 0.333. The maximum atomic E-state index is 11.2. The summed E-state index contributed by atoms with van der Waals surface area (Å²) in [5.41, 5.74) is 1.76. The van der Waals surface area contributed by atoms with Crippen molar-refractivity contribution >= 4 is 33.0 Å². The van der Waals surface area contributed by atoms with Crippen LogP contribution < -0.4 is 21.1 Å². The van der Waals surface area contributed by atoms with E-state index in [-0.39, 0.29) is 4.90 Å². The lowest BCUT2D eigenvalue weighted by Crippen LogP contribution is -2.29. The number of rotatable bonds is 10. The Morgan fingerprint density at radius 3 is 2.44 bits per heavy atom. The molecule has 9 heteroatoms. The van der Waals surface area contributed by atoms with Crippen LogP contribution in [0.15, 0.2) is 53.6 Å². The Bertz CT molecular complexity index is 811. The second-order valence-corrected chi connectivity index (χ2v) is 7.98. The van der Waals surface area contributed by atoms with Crippen LogP contribution in [0.4, 0.5) is 5.69 Å². The van der Waals surface area contributed by atoms with Gasteiger partial charge < -0.3 is 16.0 Å². The van der Waals surface area contributed by atoms with E-state index >= 15 is 0 Å². The lowest BCUT2D eigenvalue weighted by atomic mass is 10.2. The Morgan fingerprint density at radius 1 is 1.04 bits per heavy atom. The van der Waals surface area contributed by atoms with E-state index in [1.54, 1.807) is 18.3 Å². The van der Waals surface area contributed by atoms with Gasteiger partial charge in [-0.15, -0.1) is 0 Å². The van der Waals surface area contributed by atoms with Crippen molar-refractivity contribution in [3.63, 3.8) is 0 Å². The number of nitrogens with two attached hydrogens (primary N) is 1. The van der Waals surface area contributed by atoms with Crippen molar-refractivity contribution in [1.29, 1.82) is 0 Å². The van der Waals surface area contributed by atoms with Crippen molar-refractivity contribution < 1.29 is 8.42 Å². The molecule has 0 radical (unpaired) electrons. The fourth-order valence-corrected chi connectivity index (χ4v) is 3.11. The molecule has 5 N–H and O–H groups in total. The summed E-state index contributed by atoms with van der Waals surface area (Å²) in [7, 11) is -3.68. The molecule has 27 heavy (non-hydrogen) atoms. The number of aromatic nitrogens is 1. The molecule has 0 spiro atoms. The maximum Gasteiger partial charge on any atom is 0.238 e. The van der Waals surface area contributed by atoms with Gasteiger partial charge in [0.25, 0.3) is 0 Å². The van der Waals surface area contributed by atoms with Gasteiger partial charge in [-0.2, -0.15) is 0 Å². The number of pyridine rings is 1. The minimum Gasteiger partial charge on any atom is -0.362 e. The average molecular weight is 408 g/mol. The molecule has 2 rings (SSSR count).